The fourth-order valence-corrected chi connectivity index (χ4v) is 8.46. The van der Waals surface area contributed by atoms with Crippen LogP contribution in [0.15, 0.2) is 121 Å². The number of halogens is 2. The van der Waals surface area contributed by atoms with Crippen molar-refractivity contribution in [2.75, 3.05) is 40.5 Å². The predicted octanol–water partition coefficient (Wildman–Crippen LogP) is 12.4. The number of likely N-dealkylation sites (N-methyl/N-ethyl adjacent to an activating group) is 2. The van der Waals surface area contributed by atoms with Gasteiger partial charge in [-0.15, -0.1) is 0 Å². The Hall–Kier alpha value is -7.48. The van der Waals surface area contributed by atoms with Crippen LogP contribution in [-0.4, -0.2) is 143 Å². The molecule has 0 spiro atoms. The van der Waals surface area contributed by atoms with Crippen LogP contribution in [0.3, 0.4) is 0 Å². The van der Waals surface area contributed by atoms with Gasteiger partial charge in [-0.25, -0.2) is 37.5 Å². The molecule has 4 atom stereocenters. The lowest BCUT2D eigenvalue weighted by atomic mass is 9.98. The Labute approximate surface area is 508 Å². The third-order valence-corrected chi connectivity index (χ3v) is 12.9. The van der Waals surface area contributed by atoms with Crippen molar-refractivity contribution < 1.29 is 89.8 Å². The second kappa shape index (κ2) is 32.7. The van der Waals surface area contributed by atoms with Gasteiger partial charge in [0.25, 0.3) is 0 Å². The quantitative estimate of drug-likeness (QED) is 0.0586. The minimum Gasteiger partial charge on any atom is -0.480 e. The van der Waals surface area contributed by atoms with Gasteiger partial charge in [0, 0.05) is 48.7 Å². The van der Waals surface area contributed by atoms with E-state index in [1.165, 1.54) is 52.9 Å². The summed E-state index contributed by atoms with van der Waals surface area (Å²) in [4.78, 5) is 76.2. The Morgan fingerprint density at radius 1 is 0.553 bits per heavy atom. The summed E-state index contributed by atoms with van der Waals surface area (Å²) in [7, 11) is 2.64. The van der Waals surface area contributed by atoms with Gasteiger partial charge in [-0.3, -0.25) is 9.80 Å². The van der Waals surface area contributed by atoms with Gasteiger partial charge in [-0.2, -0.15) is 0 Å². The van der Waals surface area contributed by atoms with Crippen molar-refractivity contribution in [2.24, 2.45) is 0 Å². The molecule has 2 aliphatic heterocycles. The molecular formula is C66H92F2N2O15. The molecule has 2 heterocycles. The monoisotopic (exact) mass is 1200 g/mol. The van der Waals surface area contributed by atoms with Crippen LogP contribution in [0.25, 0.3) is 11.1 Å². The van der Waals surface area contributed by atoms with Crippen LogP contribution in [0.2, 0.25) is 0 Å². The molecule has 0 unspecified atom stereocenters. The van der Waals surface area contributed by atoms with Crippen molar-refractivity contribution in [1.29, 1.82) is 0 Å². The van der Waals surface area contributed by atoms with Gasteiger partial charge in [-0.1, -0.05) is 121 Å². The fourth-order valence-electron chi connectivity index (χ4n) is 8.46. The number of carbonyl (C=O) groups is 6. The number of carboxylic acids is 1. The number of aliphatic carboxylic acids is 1. The van der Waals surface area contributed by atoms with E-state index in [-0.39, 0.29) is 38.9 Å². The first-order chi connectivity index (χ1) is 42.8. The number of ether oxygens (including phenoxy) is 7. The summed E-state index contributed by atoms with van der Waals surface area (Å²) in [5.41, 5.74) is 2.92. The molecule has 2 amide bonds. The van der Waals surface area contributed by atoms with Crippen molar-refractivity contribution >= 4 is 47.2 Å². The highest BCUT2D eigenvalue weighted by molar-refractivity contribution is 5.85. The van der Waals surface area contributed by atoms with E-state index in [1.807, 2.05) is 115 Å². The van der Waals surface area contributed by atoms with Crippen molar-refractivity contribution in [3.05, 3.63) is 155 Å². The maximum absolute atomic E-state index is 14.8. The minimum absolute atomic E-state index is 0.0123. The molecule has 2 aliphatic rings. The highest BCUT2D eigenvalue weighted by atomic mass is 19.1. The molecule has 0 bridgehead atoms. The molecule has 85 heavy (non-hydrogen) atoms. The molecule has 4 aromatic carbocycles. The van der Waals surface area contributed by atoms with Crippen LogP contribution in [-0.2, 0) is 78.4 Å². The van der Waals surface area contributed by atoms with Crippen molar-refractivity contribution in [3.8, 4) is 0 Å². The third-order valence-electron chi connectivity index (χ3n) is 12.9. The lowest BCUT2D eigenvalue weighted by Crippen LogP contribution is -2.49. The fraction of sp³-hybridized carbons (Fsp3) is 0.485. The number of alkyl halides is 2. The Morgan fingerprint density at radius 2 is 0.941 bits per heavy atom. The maximum atomic E-state index is 14.8. The number of aliphatic hydroxyl groups excluding tert-OH is 1. The summed E-state index contributed by atoms with van der Waals surface area (Å²) in [6.45, 7) is 18.0. The number of nitrogens with zero attached hydrogens (tertiary/aromatic N) is 2. The average Bonchev–Trinajstić information content (AvgIpc) is 1.24. The number of benzene rings is 4. The van der Waals surface area contributed by atoms with E-state index in [4.69, 9.17) is 47.2 Å². The Kier molecular flexibility index (Phi) is 25.0. The molecule has 2 N–H and O–H groups in total. The van der Waals surface area contributed by atoms with Gasteiger partial charge < -0.3 is 43.4 Å². The maximum Gasteiger partial charge on any atom is 0.410 e. The first-order valence-corrected chi connectivity index (χ1v) is 28.3. The minimum atomic E-state index is -1.82. The summed E-state index contributed by atoms with van der Waals surface area (Å²) in [5.74, 6) is -3.53. The van der Waals surface area contributed by atoms with E-state index in [0.29, 0.717) is 19.8 Å². The largest absolute Gasteiger partial charge is 0.480 e. The number of esters is 3. The van der Waals surface area contributed by atoms with Crippen molar-refractivity contribution in [2.45, 2.75) is 168 Å². The lowest BCUT2D eigenvalue weighted by molar-refractivity contribution is -0.172. The molecule has 0 fully saturated rings. The molecule has 0 saturated carbocycles. The summed E-state index contributed by atoms with van der Waals surface area (Å²) in [6.07, 6.45) is 1.40. The zero-order valence-electron chi connectivity index (χ0n) is 57.2. The van der Waals surface area contributed by atoms with Crippen molar-refractivity contribution in [3.63, 3.8) is 0 Å². The van der Waals surface area contributed by atoms with E-state index in [0.717, 1.165) is 62.6 Å². The second-order valence-corrected chi connectivity index (χ2v) is 23.9. The molecule has 17 nitrogen and oxygen atoms in total. The summed E-state index contributed by atoms with van der Waals surface area (Å²) >= 11 is 0. The predicted molar refractivity (Wildman–Crippen MR) is 325 cm³/mol. The molecule has 0 aliphatic carbocycles. The Balaban J connectivity index is 0.000000716. The number of aliphatic hydroxyl groups is 1. The van der Waals surface area contributed by atoms with E-state index in [1.54, 1.807) is 41.5 Å². The van der Waals surface area contributed by atoms with Crippen LogP contribution < -0.4 is 0 Å². The number of rotatable bonds is 21. The SMILES string of the molecule is CN(C(=O)OC(C)(C)C)[C@@H](CC(C)(C)F)C(=O)O.CN(C(=O)OC(C)(C)C)[C@@H](CC(C)(C)F)C(=O)O[C@H](Cc1ccc(C2=CCOCC2)cc1)C(=O)OCc1ccccc1.O=C(OCc1ccccc1)[C@H](O)Cc1ccc(C2=CCOCC2)cc1.[2H][2H].[2H][2H].[2H][2H]. The van der Waals surface area contributed by atoms with Crippen LogP contribution in [0.4, 0.5) is 18.4 Å². The van der Waals surface area contributed by atoms with E-state index in [2.05, 4.69) is 6.08 Å². The summed E-state index contributed by atoms with van der Waals surface area (Å²) < 4.78 is 95.9. The van der Waals surface area contributed by atoms with E-state index in [9.17, 15) is 42.7 Å². The number of hydrogen-bond acceptors (Lipinski definition) is 14. The van der Waals surface area contributed by atoms with Crippen LogP contribution >= 0.6 is 0 Å². The van der Waals surface area contributed by atoms with Gasteiger partial charge >= 0.3 is 36.1 Å². The molecule has 6 rings (SSSR count). The molecule has 19 heteroatoms. The number of hydrogen-bond donors (Lipinski definition) is 2. The van der Waals surface area contributed by atoms with Gasteiger partial charge in [-0.05, 0) is 127 Å². The smallest absolute Gasteiger partial charge is 0.410 e. The number of carbonyl (C=O) groups excluding carboxylic acids is 5. The number of amides is 2. The molecule has 4 aromatic rings. The molecular weight excluding hydrogens is 1100 g/mol. The van der Waals surface area contributed by atoms with Crippen LogP contribution in [0.5, 0.6) is 0 Å². The highest BCUT2D eigenvalue weighted by Crippen LogP contribution is 2.27. The van der Waals surface area contributed by atoms with Crippen LogP contribution in [0, 0.1) is 0 Å². The first kappa shape index (κ1) is 65.1. The third kappa shape index (κ3) is 26.5. The highest BCUT2D eigenvalue weighted by Gasteiger charge is 2.39. The normalized spacial score (nSPS) is 15.2. The number of carboxylic acid groups (broad SMARTS) is 1. The van der Waals surface area contributed by atoms with Gasteiger partial charge in [0.15, 0.2) is 6.10 Å². The molecule has 0 radical (unpaired) electrons. The lowest BCUT2D eigenvalue weighted by Gasteiger charge is -2.32. The Morgan fingerprint density at radius 3 is 1.32 bits per heavy atom. The average molecular weight is 1200 g/mol. The molecule has 470 valence electrons. The zero-order chi connectivity index (χ0) is 69.1. The first-order valence-electron chi connectivity index (χ1n) is 31.3. The second-order valence-electron chi connectivity index (χ2n) is 23.9. The standard InChI is InChI=1S/C33H42FNO7.C21H22O4.C12H22FNO4.3H2/c1-32(2,3)42-31(38)35(6)27(21-33(4,5)34)29(36)41-28(30(37)40-22-24-10-8-7-9-11-24)20-23-12-14-25(15-13-23)26-16-18-39-19-17-26;22-20(21(23)25-15-17-4-2-1-3-5-17)14-16-6-8-18(9-7-16)19-10-12-24-13-11-19;1-11(2,3)18-10(17)14(6)8(9(15)16)7-12(4,5)13;;;/h7-16,27-28H,17-22H2,1-6H3;1-10,20,22H,11-15H2;8H,7H2,1-6H3,(H,15,16);3*1H/t27-,28+;20-;8-;;;/m010.../s1/i;;;3*1+1D. The zero-order valence-corrected chi connectivity index (χ0v) is 51.2. The molecule has 0 saturated heterocycles. The van der Waals surface area contributed by atoms with Gasteiger partial charge in [0.05, 0.1) is 26.4 Å². The summed E-state index contributed by atoms with van der Waals surface area (Å²) in [6, 6.07) is 31.5. The van der Waals surface area contributed by atoms with E-state index >= 15 is 0 Å². The Bertz CT molecular complexity index is 2870. The van der Waals surface area contributed by atoms with Gasteiger partial charge in [0.1, 0.15) is 47.8 Å². The van der Waals surface area contributed by atoms with E-state index < -0.39 is 82.9 Å². The molecule has 0 aromatic heterocycles. The topological polar surface area (TPSA) is 214 Å². The van der Waals surface area contributed by atoms with Crippen molar-refractivity contribution in [1.82, 2.24) is 9.80 Å². The summed E-state index contributed by atoms with van der Waals surface area (Å²) in [5, 5.41) is 19.1. The van der Waals surface area contributed by atoms with Gasteiger partial charge in [0.2, 0.25) is 6.10 Å². The van der Waals surface area contributed by atoms with Crippen LogP contribution in [0.1, 0.15) is 137 Å².